The van der Waals surface area contributed by atoms with Crippen LogP contribution >= 0.6 is 12.2 Å². The zero-order valence-corrected chi connectivity index (χ0v) is 26.3. The van der Waals surface area contributed by atoms with E-state index in [-0.39, 0.29) is 35.2 Å². The number of anilines is 2. The van der Waals surface area contributed by atoms with Crippen molar-refractivity contribution in [2.75, 3.05) is 23.0 Å². The monoisotopic (exact) mass is 677 g/mol. The average molecular weight is 678 g/mol. The summed E-state index contributed by atoms with van der Waals surface area (Å²) < 4.78 is 91.9. The van der Waals surface area contributed by atoms with Gasteiger partial charge in [0.2, 0.25) is 5.91 Å². The van der Waals surface area contributed by atoms with Gasteiger partial charge in [-0.05, 0) is 69.2 Å². The Kier molecular flexibility index (Phi) is 10.4. The largest absolute Gasteiger partial charge is 0.491 e. The van der Waals surface area contributed by atoms with Gasteiger partial charge in [0, 0.05) is 25.1 Å². The molecule has 15 heteroatoms. The van der Waals surface area contributed by atoms with Crippen LogP contribution in [0.2, 0.25) is 0 Å². The predicted octanol–water partition coefficient (Wildman–Crippen LogP) is 7.05. The number of ether oxygens (including phenoxy) is 1. The quantitative estimate of drug-likeness (QED) is 0.132. The Hall–Kier alpha value is -4.71. The van der Waals surface area contributed by atoms with E-state index < -0.39 is 57.0 Å². The fraction of sp³-hybridized carbons (Fsp3) is 0.344. The van der Waals surface area contributed by atoms with Gasteiger partial charge >= 0.3 is 6.18 Å². The van der Waals surface area contributed by atoms with Gasteiger partial charge in [-0.2, -0.15) is 18.4 Å². The van der Waals surface area contributed by atoms with E-state index in [9.17, 15) is 27.2 Å². The van der Waals surface area contributed by atoms with E-state index in [1.807, 2.05) is 0 Å². The maximum Gasteiger partial charge on any atom is 0.420 e. The normalized spacial score (nSPS) is 14.4. The van der Waals surface area contributed by atoms with Crippen LogP contribution in [0.1, 0.15) is 57.6 Å². The first kappa shape index (κ1) is 35.1. The zero-order valence-electron chi connectivity index (χ0n) is 25.5. The summed E-state index contributed by atoms with van der Waals surface area (Å²) >= 11 is 5.38. The van der Waals surface area contributed by atoms with Gasteiger partial charge < -0.3 is 15.0 Å². The van der Waals surface area contributed by atoms with Crippen molar-refractivity contribution in [3.8, 4) is 23.1 Å². The smallest absolute Gasteiger partial charge is 0.420 e. The van der Waals surface area contributed by atoms with Gasteiger partial charge in [0.1, 0.15) is 16.8 Å². The number of unbranched alkanes of at least 4 members (excludes halogenated alkanes) is 3. The predicted molar refractivity (Wildman–Crippen MR) is 165 cm³/mol. The molecule has 1 fully saturated rings. The second-order valence-electron chi connectivity index (χ2n) is 11.2. The molecule has 0 saturated carbocycles. The highest BCUT2D eigenvalue weighted by Gasteiger charge is 2.52. The Morgan fingerprint density at radius 2 is 1.77 bits per heavy atom. The van der Waals surface area contributed by atoms with Crippen LogP contribution in [-0.2, 0) is 15.8 Å². The summed E-state index contributed by atoms with van der Waals surface area (Å²) in [6, 6.07) is 7.64. The number of nitrogens with one attached hydrogen (secondary N) is 1. The molecular weight excluding hydrogens is 648 g/mol. The Morgan fingerprint density at radius 3 is 2.38 bits per heavy atom. The number of pyridine rings is 1. The van der Waals surface area contributed by atoms with Crippen molar-refractivity contribution in [3.63, 3.8) is 0 Å². The lowest BCUT2D eigenvalue weighted by atomic mass is 10.0. The fourth-order valence-corrected chi connectivity index (χ4v) is 5.62. The number of nitrogens with zero attached hydrogens (tertiary/aromatic N) is 4. The lowest BCUT2D eigenvalue weighted by Gasteiger charge is -2.29. The molecule has 0 radical (unpaired) electrons. The van der Waals surface area contributed by atoms with Gasteiger partial charge in [0.25, 0.3) is 5.91 Å². The van der Waals surface area contributed by atoms with E-state index in [1.54, 1.807) is 0 Å². The van der Waals surface area contributed by atoms with Crippen LogP contribution in [0.5, 0.6) is 5.75 Å². The number of thiocarbonyl (C=S) groups is 1. The highest BCUT2D eigenvalue weighted by atomic mass is 32.1. The van der Waals surface area contributed by atoms with Gasteiger partial charge in [-0.15, -0.1) is 0 Å². The molecule has 0 aliphatic carbocycles. The van der Waals surface area contributed by atoms with Crippen LogP contribution in [0.4, 0.5) is 37.7 Å². The highest BCUT2D eigenvalue weighted by Crippen LogP contribution is 2.42. The molecule has 2 amide bonds. The second-order valence-corrected chi connectivity index (χ2v) is 11.5. The van der Waals surface area contributed by atoms with Crippen LogP contribution in [0.15, 0.2) is 42.6 Å². The number of carbonyl (C=O) groups excluding carboxylic acids is 2. The van der Waals surface area contributed by atoms with Crippen molar-refractivity contribution in [1.82, 2.24) is 10.3 Å². The molecule has 248 valence electrons. The molecule has 1 aliphatic rings. The highest BCUT2D eigenvalue weighted by molar-refractivity contribution is 7.81. The summed E-state index contributed by atoms with van der Waals surface area (Å²) in [7, 11) is 0. The number of amides is 2. The van der Waals surface area contributed by atoms with E-state index >= 15 is 8.78 Å². The second kappa shape index (κ2) is 14.0. The first-order valence-electron chi connectivity index (χ1n) is 14.4. The summed E-state index contributed by atoms with van der Waals surface area (Å²) in [6.45, 7) is 5.01. The third-order valence-corrected chi connectivity index (χ3v) is 7.79. The van der Waals surface area contributed by atoms with Gasteiger partial charge in [0.05, 0.1) is 35.8 Å². The van der Waals surface area contributed by atoms with E-state index in [2.05, 4.69) is 10.3 Å². The number of rotatable bonds is 11. The molecule has 0 spiro atoms. The number of benzene rings is 2. The van der Waals surface area contributed by atoms with Crippen LogP contribution < -0.4 is 19.9 Å². The molecule has 1 N–H and O–H groups in total. The van der Waals surface area contributed by atoms with Crippen molar-refractivity contribution < 1.29 is 40.7 Å². The molecule has 47 heavy (non-hydrogen) atoms. The number of alkyl halides is 3. The number of hydrogen-bond acceptors (Lipinski definition) is 6. The fourth-order valence-electron chi connectivity index (χ4n) is 5.10. The number of carbonyl (C=O) groups is 2. The molecule has 2 aromatic carbocycles. The topological polar surface area (TPSA) is 98.6 Å². The maximum absolute atomic E-state index is 15.4. The lowest BCUT2D eigenvalue weighted by Crippen LogP contribution is -2.44. The van der Waals surface area contributed by atoms with Crippen molar-refractivity contribution in [1.29, 1.82) is 5.26 Å². The summed E-state index contributed by atoms with van der Waals surface area (Å²) in [4.78, 5) is 30.1. The van der Waals surface area contributed by atoms with Crippen LogP contribution in [0, 0.1) is 28.8 Å². The number of halogens is 6. The first-order chi connectivity index (χ1) is 22.1. The zero-order chi connectivity index (χ0) is 34.7. The van der Waals surface area contributed by atoms with Crippen molar-refractivity contribution in [2.45, 2.75) is 58.2 Å². The molecule has 1 aliphatic heterocycles. The van der Waals surface area contributed by atoms with Gasteiger partial charge in [-0.3, -0.25) is 19.5 Å². The molecule has 8 nitrogen and oxygen atoms in total. The molecule has 4 rings (SSSR count). The Labute approximate surface area is 271 Å². The molecule has 1 saturated heterocycles. The van der Waals surface area contributed by atoms with Gasteiger partial charge in [-0.1, -0.05) is 12.8 Å². The number of nitriles is 1. The molecular formula is C32H29F6N5O3S. The average Bonchev–Trinajstić information content (AvgIpc) is 3.16. The number of hydrogen-bond donors (Lipinski definition) is 1. The first-order valence-corrected chi connectivity index (χ1v) is 14.8. The van der Waals surface area contributed by atoms with Crippen LogP contribution in [0.3, 0.4) is 0 Å². The maximum atomic E-state index is 15.4. The molecule has 0 atom stereocenters. The van der Waals surface area contributed by atoms with E-state index in [0.29, 0.717) is 17.9 Å². The number of aromatic nitrogens is 1. The SMILES string of the molecule is CC(=O)NCCCCCCOc1ccc(-c2ncc(N3C(=S)N(c4ccc(C#N)c(C(F)(F)F)c4F)C(=O)C3(C)C)cc2F)cc1F. The van der Waals surface area contributed by atoms with E-state index in [1.165, 1.54) is 39.0 Å². The molecule has 2 heterocycles. The summed E-state index contributed by atoms with van der Waals surface area (Å²) in [5, 5.41) is 11.3. The summed E-state index contributed by atoms with van der Waals surface area (Å²) in [5.41, 5.74) is -5.50. The minimum Gasteiger partial charge on any atom is -0.491 e. The molecule has 3 aromatic rings. The molecule has 0 unspecified atom stereocenters. The molecule has 1 aromatic heterocycles. The van der Waals surface area contributed by atoms with Crippen LogP contribution in [-0.4, -0.2) is 40.6 Å². The minimum absolute atomic E-state index is 0.0319. The summed E-state index contributed by atoms with van der Waals surface area (Å²) in [5.74, 6) is -4.57. The minimum atomic E-state index is -5.24. The van der Waals surface area contributed by atoms with Crippen molar-refractivity contribution in [3.05, 3.63) is 71.2 Å². The van der Waals surface area contributed by atoms with Crippen LogP contribution in [0.25, 0.3) is 11.3 Å². The third kappa shape index (κ3) is 7.32. The van der Waals surface area contributed by atoms with E-state index in [4.69, 9.17) is 22.2 Å². The lowest BCUT2D eigenvalue weighted by molar-refractivity contribution is -0.140. The third-order valence-electron chi connectivity index (χ3n) is 7.43. The van der Waals surface area contributed by atoms with Gasteiger partial charge in [0.15, 0.2) is 28.3 Å². The van der Waals surface area contributed by atoms with E-state index in [0.717, 1.165) is 54.6 Å². The van der Waals surface area contributed by atoms with Crippen molar-refractivity contribution >= 4 is 40.5 Å². The van der Waals surface area contributed by atoms with Gasteiger partial charge in [-0.25, -0.2) is 13.2 Å². The Bertz CT molecular complexity index is 1760. The van der Waals surface area contributed by atoms with Crippen molar-refractivity contribution in [2.24, 2.45) is 0 Å². The summed E-state index contributed by atoms with van der Waals surface area (Å²) in [6.07, 6.45) is -0.939. The molecule has 0 bridgehead atoms. The Balaban J connectivity index is 1.52. The Morgan fingerprint density at radius 1 is 1.06 bits per heavy atom. The standard InChI is InChI=1S/C32H29F6N5O3S/c1-18(44)40-12-6-4-5-7-13-46-25-11-9-19(14-22(25)33)28-23(34)15-21(17-41-28)43-30(47)42(29(45)31(43,2)3)24-10-8-20(16-39)26(27(24)35)32(36,37)38/h8-11,14-15,17H,4-7,12-13H2,1-3H3,(H,40,44).